The Morgan fingerprint density at radius 1 is 1.06 bits per heavy atom. The van der Waals surface area contributed by atoms with E-state index in [1.54, 1.807) is 20.8 Å². The monoisotopic (exact) mass is 533 g/mol. The Hall–Kier alpha value is -3.13. The average molecular weight is 534 g/mol. The van der Waals surface area contributed by atoms with E-state index in [0.29, 0.717) is 17.7 Å². The van der Waals surface area contributed by atoms with Crippen LogP contribution in [-0.4, -0.2) is 43.7 Å². The molecule has 0 saturated heterocycles. The van der Waals surface area contributed by atoms with Gasteiger partial charge in [0.25, 0.3) is 15.4 Å². The largest absolute Gasteiger partial charge is 0.507 e. The quantitative estimate of drug-likeness (QED) is 0.435. The van der Waals surface area contributed by atoms with Crippen molar-refractivity contribution < 1.29 is 35.1 Å². The highest BCUT2D eigenvalue weighted by molar-refractivity contribution is 7.92. The molecule has 0 atom stereocenters. The normalized spacial score (nSPS) is 13.3. The number of aromatic hydroxyl groups is 1. The van der Waals surface area contributed by atoms with Gasteiger partial charge in [-0.3, -0.25) is 9.52 Å². The Morgan fingerprint density at radius 3 is 2.17 bits per heavy atom. The predicted molar refractivity (Wildman–Crippen MR) is 125 cm³/mol. The highest BCUT2D eigenvalue weighted by Crippen LogP contribution is 2.43. The summed E-state index contributed by atoms with van der Waals surface area (Å²) < 4.78 is 88.3. The second kappa shape index (κ2) is 8.22. The number of phenolic OH excluding ortho intramolecular Hbond substituents is 1. The fourth-order valence-electron chi connectivity index (χ4n) is 3.47. The molecule has 3 N–H and O–H groups in total. The first-order valence-corrected chi connectivity index (χ1v) is 13.3. The first-order valence-electron chi connectivity index (χ1n) is 9.94. The van der Waals surface area contributed by atoms with Crippen LogP contribution >= 0.6 is 0 Å². The van der Waals surface area contributed by atoms with E-state index >= 15 is 0 Å². The summed E-state index contributed by atoms with van der Waals surface area (Å²) in [7, 11) is -9.41. The van der Waals surface area contributed by atoms with Gasteiger partial charge >= 0.3 is 5.51 Å². The Bertz CT molecular complexity index is 1620. The van der Waals surface area contributed by atoms with Crippen LogP contribution in [0.15, 0.2) is 34.0 Å². The van der Waals surface area contributed by atoms with Crippen molar-refractivity contribution in [1.29, 1.82) is 0 Å². The van der Waals surface area contributed by atoms with Gasteiger partial charge in [-0.2, -0.15) is 13.2 Å². The van der Waals surface area contributed by atoms with Crippen LogP contribution < -0.4 is 10.3 Å². The van der Waals surface area contributed by atoms with E-state index in [4.69, 9.17) is 0 Å². The SMILES string of the molecule is Cc1c(NS(C)(=O)=O)cc(C(C)(C)C)c(O)c1-c1nc2ccc(S(=O)(=O)C(F)(F)F)cc2c(=O)[nH]1. The van der Waals surface area contributed by atoms with E-state index in [1.807, 2.05) is 0 Å². The molecule has 190 valence electrons. The highest BCUT2D eigenvalue weighted by Gasteiger charge is 2.47. The predicted octanol–water partition coefficient (Wildman–Crippen LogP) is 3.57. The molecule has 0 spiro atoms. The van der Waals surface area contributed by atoms with Crippen molar-refractivity contribution >= 4 is 36.5 Å². The number of fused-ring (bicyclic) bond motifs is 1. The van der Waals surface area contributed by atoms with E-state index < -0.39 is 46.6 Å². The Labute approximate surface area is 199 Å². The summed E-state index contributed by atoms with van der Waals surface area (Å²) in [5.41, 5.74) is -6.64. The molecular weight excluding hydrogens is 511 g/mol. The standard InChI is InChI=1S/C21H22F3N3O6S2/c1-10-15(27-34(5,30)31)9-13(20(2,3)4)17(28)16(10)18-25-14-7-6-11(8-12(14)19(29)26-18)35(32,33)21(22,23)24/h6-9,27-28H,1-5H3,(H,25,26,29). The zero-order valence-electron chi connectivity index (χ0n) is 19.2. The summed E-state index contributed by atoms with van der Waals surface area (Å²) >= 11 is 0. The van der Waals surface area contributed by atoms with Crippen LogP contribution in [0.2, 0.25) is 0 Å². The van der Waals surface area contributed by atoms with Crippen molar-refractivity contribution in [1.82, 2.24) is 9.97 Å². The Kier molecular flexibility index (Phi) is 6.22. The molecule has 0 saturated carbocycles. The lowest BCUT2D eigenvalue weighted by Crippen LogP contribution is -2.23. The maximum absolute atomic E-state index is 12.9. The number of H-pyrrole nitrogens is 1. The molecule has 1 aromatic heterocycles. The molecule has 0 amide bonds. The molecule has 0 unspecified atom stereocenters. The number of aromatic nitrogens is 2. The third kappa shape index (κ3) is 4.98. The van der Waals surface area contributed by atoms with Gasteiger partial charge in [-0.15, -0.1) is 0 Å². The summed E-state index contributed by atoms with van der Waals surface area (Å²) in [6.07, 6.45) is 0.943. The van der Waals surface area contributed by atoms with Crippen molar-refractivity contribution in [3.63, 3.8) is 0 Å². The number of sulfonamides is 1. The molecule has 0 fully saturated rings. The molecule has 0 radical (unpaired) electrons. The molecule has 0 aliphatic heterocycles. The summed E-state index contributed by atoms with van der Waals surface area (Å²) in [6, 6.07) is 3.66. The van der Waals surface area contributed by atoms with Crippen molar-refractivity contribution in [2.45, 2.75) is 43.5 Å². The Morgan fingerprint density at radius 2 is 1.66 bits per heavy atom. The fraction of sp³-hybridized carbons (Fsp3) is 0.333. The van der Waals surface area contributed by atoms with Crippen LogP contribution in [0.1, 0.15) is 31.9 Å². The number of hydrogen-bond acceptors (Lipinski definition) is 7. The third-order valence-corrected chi connectivity index (χ3v) is 7.27. The second-order valence-corrected chi connectivity index (χ2v) is 12.7. The topological polar surface area (TPSA) is 146 Å². The fourth-order valence-corrected chi connectivity index (χ4v) is 4.87. The minimum Gasteiger partial charge on any atom is -0.507 e. The number of sulfone groups is 1. The van der Waals surface area contributed by atoms with Crippen LogP contribution in [0.4, 0.5) is 18.9 Å². The smallest absolute Gasteiger partial charge is 0.501 e. The van der Waals surface area contributed by atoms with Gasteiger partial charge in [-0.25, -0.2) is 21.8 Å². The molecule has 0 aliphatic carbocycles. The van der Waals surface area contributed by atoms with Crippen molar-refractivity contribution in [2.75, 3.05) is 11.0 Å². The highest BCUT2D eigenvalue weighted by atomic mass is 32.2. The van der Waals surface area contributed by atoms with Gasteiger partial charge in [-0.05, 0) is 42.2 Å². The zero-order valence-corrected chi connectivity index (χ0v) is 20.8. The molecule has 2 aromatic carbocycles. The summed E-state index contributed by atoms with van der Waals surface area (Å²) in [5, 5.41) is 10.6. The Balaban J connectivity index is 2.34. The van der Waals surface area contributed by atoms with E-state index in [-0.39, 0.29) is 33.9 Å². The van der Waals surface area contributed by atoms with Crippen molar-refractivity contribution in [3.8, 4) is 17.1 Å². The summed E-state index contributed by atoms with van der Waals surface area (Å²) in [4.78, 5) is 18.2. The first-order chi connectivity index (χ1) is 15.7. The lowest BCUT2D eigenvalue weighted by Gasteiger charge is -2.25. The van der Waals surface area contributed by atoms with Crippen LogP contribution in [0, 0.1) is 6.92 Å². The molecule has 3 aromatic rings. The van der Waals surface area contributed by atoms with Gasteiger partial charge < -0.3 is 10.1 Å². The van der Waals surface area contributed by atoms with Crippen LogP contribution in [0.5, 0.6) is 5.75 Å². The third-order valence-electron chi connectivity index (χ3n) is 5.19. The maximum Gasteiger partial charge on any atom is 0.501 e. The number of anilines is 1. The van der Waals surface area contributed by atoms with Crippen LogP contribution in [0.25, 0.3) is 22.3 Å². The first kappa shape index (κ1) is 26.5. The lowest BCUT2D eigenvalue weighted by molar-refractivity contribution is -0.0435. The molecular formula is C21H22F3N3O6S2. The molecule has 9 nitrogen and oxygen atoms in total. The number of rotatable bonds is 4. The number of aromatic amines is 1. The van der Waals surface area contributed by atoms with Gasteiger partial charge in [0.2, 0.25) is 10.0 Å². The second-order valence-electron chi connectivity index (χ2n) is 8.99. The van der Waals surface area contributed by atoms with E-state index in [0.717, 1.165) is 12.3 Å². The van der Waals surface area contributed by atoms with Gasteiger partial charge in [0, 0.05) is 5.56 Å². The summed E-state index contributed by atoms with van der Waals surface area (Å²) in [6.45, 7) is 6.79. The molecule has 0 aliphatic rings. The lowest BCUT2D eigenvalue weighted by atomic mass is 9.83. The number of hydrogen-bond donors (Lipinski definition) is 3. The van der Waals surface area contributed by atoms with Gasteiger partial charge in [0.05, 0.1) is 33.3 Å². The van der Waals surface area contributed by atoms with Crippen molar-refractivity contribution in [2.24, 2.45) is 0 Å². The van der Waals surface area contributed by atoms with E-state index in [2.05, 4.69) is 14.7 Å². The maximum atomic E-state index is 12.9. The number of halogens is 3. The molecule has 14 heteroatoms. The number of phenols is 1. The van der Waals surface area contributed by atoms with Crippen LogP contribution in [0.3, 0.4) is 0 Å². The molecule has 0 bridgehead atoms. The van der Waals surface area contributed by atoms with E-state index in [9.17, 15) is 39.9 Å². The minimum absolute atomic E-state index is 0.00503. The van der Waals surface area contributed by atoms with Gasteiger partial charge in [0.15, 0.2) is 0 Å². The number of nitrogens with one attached hydrogen (secondary N) is 2. The number of nitrogens with zero attached hydrogens (tertiary/aromatic N) is 1. The molecule has 35 heavy (non-hydrogen) atoms. The number of alkyl halides is 3. The van der Waals surface area contributed by atoms with Crippen molar-refractivity contribution in [3.05, 3.63) is 45.7 Å². The number of benzene rings is 2. The molecule has 1 heterocycles. The van der Waals surface area contributed by atoms with Gasteiger partial charge in [-0.1, -0.05) is 20.8 Å². The van der Waals surface area contributed by atoms with Gasteiger partial charge in [0.1, 0.15) is 11.6 Å². The zero-order chi connectivity index (χ0) is 26.7. The summed E-state index contributed by atoms with van der Waals surface area (Å²) in [5.74, 6) is -0.473. The minimum atomic E-state index is -5.69. The average Bonchev–Trinajstić information content (AvgIpc) is 2.67. The molecule has 3 rings (SSSR count). The van der Waals surface area contributed by atoms with Crippen LogP contribution in [-0.2, 0) is 25.3 Å². The van der Waals surface area contributed by atoms with E-state index in [1.165, 1.54) is 13.0 Å².